The molecule has 0 bridgehead atoms. The van der Waals surface area contributed by atoms with Crippen molar-refractivity contribution in [1.82, 2.24) is 4.90 Å². The lowest BCUT2D eigenvalue weighted by Gasteiger charge is -2.41. The number of nitrogens with zero attached hydrogens (tertiary/aromatic N) is 1. The van der Waals surface area contributed by atoms with Gasteiger partial charge in [0.15, 0.2) is 11.2 Å². The summed E-state index contributed by atoms with van der Waals surface area (Å²) in [5.41, 5.74) is -0.328. The van der Waals surface area contributed by atoms with E-state index in [-0.39, 0.29) is 18.1 Å². The third-order valence-electron chi connectivity index (χ3n) is 8.45. The molecular weight excluding hydrogens is 470 g/mol. The highest BCUT2D eigenvalue weighted by atomic mass is 16.5. The Hall–Kier alpha value is -3.26. The number of methoxy groups -OCH3 is 2. The third-order valence-corrected chi connectivity index (χ3v) is 8.45. The van der Waals surface area contributed by atoms with Crippen molar-refractivity contribution in [1.29, 1.82) is 0 Å². The number of fused-ring (bicyclic) bond motifs is 3. The standard InChI is InChI=1S/C30H33NO6/c1-35-22-15-25(36-2)28-26(16-22)37-30(21-10-11-24(32)20(14-21)18-31-12-6-7-13-31)23(17-27(33)29(28,30)34)19-8-4-3-5-9-19/h3-5,8-11,14-16,23,27,32-34H,6-7,12-13,17-18H2,1-2H3/t23-,27+,29+,30-/m0/s1. The number of aliphatic hydroxyl groups excluding tert-OH is 1. The summed E-state index contributed by atoms with van der Waals surface area (Å²) >= 11 is 0. The molecule has 0 spiro atoms. The molecule has 194 valence electrons. The van der Waals surface area contributed by atoms with Gasteiger partial charge >= 0.3 is 0 Å². The average molecular weight is 504 g/mol. The number of ether oxygens (including phenoxy) is 3. The molecule has 37 heavy (non-hydrogen) atoms. The van der Waals surface area contributed by atoms with Crippen LogP contribution in [-0.2, 0) is 17.7 Å². The van der Waals surface area contributed by atoms with Crippen LogP contribution in [0.15, 0.2) is 60.7 Å². The monoisotopic (exact) mass is 503 g/mol. The summed E-state index contributed by atoms with van der Waals surface area (Å²) < 4.78 is 18.0. The molecular formula is C30H33NO6. The number of phenolic OH excluding ortho intramolecular Hbond substituents is 1. The Balaban J connectivity index is 1.58. The van der Waals surface area contributed by atoms with Gasteiger partial charge < -0.3 is 29.5 Å². The van der Waals surface area contributed by atoms with Crippen LogP contribution in [0.5, 0.6) is 23.0 Å². The van der Waals surface area contributed by atoms with Gasteiger partial charge in [-0.2, -0.15) is 0 Å². The molecule has 0 unspecified atom stereocenters. The molecule has 7 heteroatoms. The fourth-order valence-electron chi connectivity index (χ4n) is 6.71. The Morgan fingerprint density at radius 2 is 1.76 bits per heavy atom. The van der Waals surface area contributed by atoms with Crippen LogP contribution >= 0.6 is 0 Å². The van der Waals surface area contributed by atoms with Gasteiger partial charge in [0.05, 0.1) is 25.9 Å². The second-order valence-corrected chi connectivity index (χ2v) is 10.3. The molecule has 7 nitrogen and oxygen atoms in total. The summed E-state index contributed by atoms with van der Waals surface area (Å²) in [5, 5.41) is 35.0. The number of aliphatic hydroxyl groups is 2. The van der Waals surface area contributed by atoms with Gasteiger partial charge in [0, 0.05) is 30.2 Å². The van der Waals surface area contributed by atoms with Crippen molar-refractivity contribution >= 4 is 0 Å². The Bertz CT molecular complexity index is 1310. The number of benzene rings is 3. The van der Waals surface area contributed by atoms with E-state index in [1.165, 1.54) is 7.11 Å². The molecule has 3 aromatic carbocycles. The van der Waals surface area contributed by atoms with Gasteiger partial charge in [-0.3, -0.25) is 4.90 Å². The lowest BCUT2D eigenvalue weighted by Crippen LogP contribution is -2.52. The Morgan fingerprint density at radius 1 is 1.00 bits per heavy atom. The number of phenols is 1. The number of hydrogen-bond acceptors (Lipinski definition) is 7. The topological polar surface area (TPSA) is 91.6 Å². The number of aromatic hydroxyl groups is 1. The molecule has 1 saturated carbocycles. The van der Waals surface area contributed by atoms with E-state index in [4.69, 9.17) is 14.2 Å². The predicted octanol–water partition coefficient (Wildman–Crippen LogP) is 4.03. The zero-order valence-corrected chi connectivity index (χ0v) is 21.2. The summed E-state index contributed by atoms with van der Waals surface area (Å²) in [7, 11) is 3.09. The third kappa shape index (κ3) is 3.45. The quantitative estimate of drug-likeness (QED) is 0.468. The van der Waals surface area contributed by atoms with Crippen molar-refractivity contribution in [2.45, 2.75) is 49.0 Å². The highest BCUT2D eigenvalue weighted by molar-refractivity contribution is 5.62. The molecule has 0 aromatic heterocycles. The van der Waals surface area contributed by atoms with Gasteiger partial charge in [-0.25, -0.2) is 0 Å². The van der Waals surface area contributed by atoms with Crippen LogP contribution in [-0.4, -0.2) is 53.6 Å². The molecule has 3 aliphatic rings. The summed E-state index contributed by atoms with van der Waals surface area (Å²) in [4.78, 5) is 2.32. The van der Waals surface area contributed by atoms with Crippen LogP contribution in [0.1, 0.15) is 47.4 Å². The zero-order chi connectivity index (χ0) is 25.8. The fraction of sp³-hybridized carbons (Fsp3) is 0.400. The largest absolute Gasteiger partial charge is 0.508 e. The number of likely N-dealkylation sites (tertiary alicyclic amines) is 1. The summed E-state index contributed by atoms with van der Waals surface area (Å²) in [6.07, 6.45) is 1.45. The Morgan fingerprint density at radius 3 is 2.46 bits per heavy atom. The maximum Gasteiger partial charge on any atom is 0.176 e. The predicted molar refractivity (Wildman–Crippen MR) is 138 cm³/mol. The average Bonchev–Trinajstić information content (AvgIpc) is 3.58. The highest BCUT2D eigenvalue weighted by Gasteiger charge is 2.73. The number of hydrogen-bond donors (Lipinski definition) is 3. The van der Waals surface area contributed by atoms with Crippen molar-refractivity contribution in [3.05, 3.63) is 82.9 Å². The van der Waals surface area contributed by atoms with Crippen molar-refractivity contribution in [3.8, 4) is 23.0 Å². The fourth-order valence-corrected chi connectivity index (χ4v) is 6.71. The Kier molecular flexibility index (Phi) is 5.82. The molecule has 0 radical (unpaired) electrons. The second-order valence-electron chi connectivity index (χ2n) is 10.3. The normalized spacial score (nSPS) is 28.5. The number of rotatable bonds is 6. The van der Waals surface area contributed by atoms with Crippen molar-refractivity contribution in [3.63, 3.8) is 0 Å². The lowest BCUT2D eigenvalue weighted by atomic mass is 9.71. The molecule has 2 aliphatic heterocycles. The van der Waals surface area contributed by atoms with Gasteiger partial charge in [0.2, 0.25) is 0 Å². The summed E-state index contributed by atoms with van der Waals surface area (Å²) in [6, 6.07) is 18.7. The van der Waals surface area contributed by atoms with E-state index in [1.807, 2.05) is 36.4 Å². The smallest absolute Gasteiger partial charge is 0.176 e. The summed E-state index contributed by atoms with van der Waals surface area (Å²) in [5.74, 6) is 1.16. The molecule has 0 amide bonds. The highest BCUT2D eigenvalue weighted by Crippen LogP contribution is 2.68. The van der Waals surface area contributed by atoms with Gasteiger partial charge in [0.1, 0.15) is 23.0 Å². The molecule has 4 atom stereocenters. The summed E-state index contributed by atoms with van der Waals surface area (Å²) in [6.45, 7) is 2.59. The van der Waals surface area contributed by atoms with Gasteiger partial charge in [-0.1, -0.05) is 36.4 Å². The van der Waals surface area contributed by atoms with E-state index >= 15 is 0 Å². The minimum absolute atomic E-state index is 0.208. The molecule has 2 fully saturated rings. The van der Waals surface area contributed by atoms with Crippen LogP contribution in [0.2, 0.25) is 0 Å². The van der Waals surface area contributed by atoms with Gasteiger partial charge in [-0.05, 0) is 55.6 Å². The van der Waals surface area contributed by atoms with Crippen molar-refractivity contribution in [2.75, 3.05) is 27.3 Å². The van der Waals surface area contributed by atoms with E-state index in [2.05, 4.69) is 4.90 Å². The van der Waals surface area contributed by atoms with E-state index in [1.54, 1.807) is 31.4 Å². The van der Waals surface area contributed by atoms with E-state index < -0.39 is 17.3 Å². The van der Waals surface area contributed by atoms with Gasteiger partial charge in [-0.15, -0.1) is 0 Å². The van der Waals surface area contributed by atoms with E-state index in [0.717, 1.165) is 37.1 Å². The van der Waals surface area contributed by atoms with Crippen molar-refractivity contribution < 1.29 is 29.5 Å². The van der Waals surface area contributed by atoms with Crippen LogP contribution in [0.3, 0.4) is 0 Å². The minimum Gasteiger partial charge on any atom is -0.508 e. The molecule has 2 heterocycles. The SMILES string of the molecule is COc1cc(OC)c2c(c1)O[C@@]1(c3ccc(O)c(CN4CCCC4)c3)[C@H](c3ccccc3)C[C@@H](O)[C@@]21O. The molecule has 1 aliphatic carbocycles. The van der Waals surface area contributed by atoms with Crippen LogP contribution in [0.25, 0.3) is 0 Å². The lowest BCUT2D eigenvalue weighted by molar-refractivity contribution is -0.150. The molecule has 3 N–H and O–H groups in total. The van der Waals surface area contributed by atoms with E-state index in [0.29, 0.717) is 34.9 Å². The van der Waals surface area contributed by atoms with Crippen LogP contribution in [0.4, 0.5) is 0 Å². The van der Waals surface area contributed by atoms with E-state index in [9.17, 15) is 15.3 Å². The van der Waals surface area contributed by atoms with Gasteiger partial charge in [0.25, 0.3) is 0 Å². The first-order chi connectivity index (χ1) is 17.9. The first kappa shape index (κ1) is 24.1. The first-order valence-corrected chi connectivity index (χ1v) is 12.9. The van der Waals surface area contributed by atoms with Crippen molar-refractivity contribution in [2.24, 2.45) is 0 Å². The molecule has 6 rings (SSSR count). The molecule has 1 saturated heterocycles. The zero-order valence-electron chi connectivity index (χ0n) is 21.2. The Labute approximate surface area is 216 Å². The maximum absolute atomic E-state index is 12.6. The second kappa shape index (κ2) is 8.94. The first-order valence-electron chi connectivity index (χ1n) is 12.9. The molecule has 3 aromatic rings. The van der Waals surface area contributed by atoms with Crippen LogP contribution < -0.4 is 14.2 Å². The minimum atomic E-state index is -1.80. The van der Waals surface area contributed by atoms with Crippen LogP contribution in [0, 0.1) is 0 Å². The maximum atomic E-state index is 12.6.